The van der Waals surface area contributed by atoms with Crippen LogP contribution < -0.4 is 0 Å². The van der Waals surface area contributed by atoms with Crippen molar-refractivity contribution in [1.29, 1.82) is 0 Å². The Hall–Kier alpha value is -0.660. The van der Waals surface area contributed by atoms with Crippen LogP contribution in [0.15, 0.2) is 41.3 Å². The molecule has 3 rings (SSSR count). The summed E-state index contributed by atoms with van der Waals surface area (Å²) in [5.41, 5.74) is 4.17. The second kappa shape index (κ2) is 7.07. The van der Waals surface area contributed by atoms with E-state index in [9.17, 15) is 0 Å². The average Bonchev–Trinajstić information content (AvgIpc) is 2.52. The van der Waals surface area contributed by atoms with Crippen molar-refractivity contribution >= 4 is 28.9 Å². The van der Waals surface area contributed by atoms with E-state index in [1.807, 2.05) is 0 Å². The van der Waals surface area contributed by atoms with Crippen molar-refractivity contribution in [3.63, 3.8) is 0 Å². The van der Waals surface area contributed by atoms with Gasteiger partial charge < -0.3 is 0 Å². The lowest BCUT2D eigenvalue weighted by atomic mass is 9.98. The minimum absolute atomic E-state index is 0.406. The summed E-state index contributed by atoms with van der Waals surface area (Å²) in [6.07, 6.45) is 14.2. The van der Waals surface area contributed by atoms with Crippen LogP contribution in [0.3, 0.4) is 0 Å². The molecule has 0 N–H and O–H groups in total. The van der Waals surface area contributed by atoms with Gasteiger partial charge in [-0.05, 0) is 62.7 Å². The third-order valence-corrected chi connectivity index (χ3v) is 6.19. The number of hydrogen-bond donors (Lipinski definition) is 0. The first-order chi connectivity index (χ1) is 10.2. The number of benzene rings is 1. The predicted octanol–water partition coefficient (Wildman–Crippen LogP) is 6.37. The molecule has 2 aliphatic carbocycles. The molecule has 0 aliphatic heterocycles. The van der Waals surface area contributed by atoms with Crippen LogP contribution >= 0.6 is 23.4 Å². The summed E-state index contributed by atoms with van der Waals surface area (Å²) in [5, 5.41) is 1.14. The quantitative estimate of drug-likeness (QED) is 0.583. The maximum atomic E-state index is 6.23. The molecule has 0 nitrogen and oxygen atoms in total. The van der Waals surface area contributed by atoms with Gasteiger partial charge in [-0.15, -0.1) is 23.4 Å². The van der Waals surface area contributed by atoms with E-state index in [4.69, 9.17) is 11.6 Å². The minimum atomic E-state index is 0.406. The topological polar surface area (TPSA) is 0 Å². The second-order valence-electron chi connectivity index (χ2n) is 6.13. The van der Waals surface area contributed by atoms with Gasteiger partial charge in [-0.2, -0.15) is 0 Å². The van der Waals surface area contributed by atoms with E-state index in [0.29, 0.717) is 5.38 Å². The number of rotatable bonds is 3. The lowest BCUT2D eigenvalue weighted by Gasteiger charge is -2.25. The standard InChI is InChI=1S/C19H23ClS/c1-14-7-12-19(21-17-10-8-16(20)9-11-17)18(13-14)15-5-3-2-4-6-15/h3,5-7,12-13,16-17H,2,4,8-11H2,1H3. The maximum Gasteiger partial charge on any atom is 0.0336 e. The van der Waals surface area contributed by atoms with Gasteiger partial charge >= 0.3 is 0 Å². The SMILES string of the molecule is Cc1ccc(SC2CCC(Cl)CC2)c(C2=CCCC=C2)c1. The van der Waals surface area contributed by atoms with Crippen LogP contribution in [0, 0.1) is 6.92 Å². The predicted molar refractivity (Wildman–Crippen MR) is 95.3 cm³/mol. The van der Waals surface area contributed by atoms with Crippen LogP contribution in [0.1, 0.15) is 49.7 Å². The fraction of sp³-hybridized carbons (Fsp3) is 0.474. The first-order valence-corrected chi connectivity index (χ1v) is 9.32. The Kier molecular flexibility index (Phi) is 5.13. The smallest absolute Gasteiger partial charge is 0.0336 e. The fourth-order valence-electron chi connectivity index (χ4n) is 3.10. The molecule has 0 bridgehead atoms. The molecule has 0 unspecified atom stereocenters. The van der Waals surface area contributed by atoms with Gasteiger partial charge in [0.05, 0.1) is 0 Å². The number of alkyl halides is 1. The fourth-order valence-corrected chi connectivity index (χ4v) is 4.67. The van der Waals surface area contributed by atoms with E-state index >= 15 is 0 Å². The zero-order valence-corrected chi connectivity index (χ0v) is 14.2. The van der Waals surface area contributed by atoms with Crippen molar-refractivity contribution in [2.24, 2.45) is 0 Å². The highest BCUT2D eigenvalue weighted by atomic mass is 35.5. The van der Waals surface area contributed by atoms with Crippen LogP contribution in [-0.4, -0.2) is 10.6 Å². The molecule has 0 amide bonds. The third kappa shape index (κ3) is 3.96. The monoisotopic (exact) mass is 318 g/mol. The molecule has 0 spiro atoms. The van der Waals surface area contributed by atoms with Crippen molar-refractivity contribution in [3.05, 3.63) is 47.6 Å². The lowest BCUT2D eigenvalue weighted by Crippen LogP contribution is -2.16. The maximum absolute atomic E-state index is 6.23. The molecule has 0 atom stereocenters. The number of aryl methyl sites for hydroxylation is 1. The van der Waals surface area contributed by atoms with Gasteiger partial charge in [-0.3, -0.25) is 0 Å². The summed E-state index contributed by atoms with van der Waals surface area (Å²) >= 11 is 8.29. The Balaban J connectivity index is 1.81. The molecular formula is C19H23ClS. The summed E-state index contributed by atoms with van der Waals surface area (Å²) in [7, 11) is 0. The molecule has 21 heavy (non-hydrogen) atoms. The molecule has 2 aliphatic rings. The number of hydrogen-bond acceptors (Lipinski definition) is 1. The van der Waals surface area contributed by atoms with E-state index in [-0.39, 0.29) is 0 Å². The third-order valence-electron chi connectivity index (χ3n) is 4.34. The van der Waals surface area contributed by atoms with Gasteiger partial charge in [0.15, 0.2) is 0 Å². The highest BCUT2D eigenvalue weighted by Gasteiger charge is 2.21. The van der Waals surface area contributed by atoms with Gasteiger partial charge in [0.25, 0.3) is 0 Å². The summed E-state index contributed by atoms with van der Waals surface area (Å²) in [6, 6.07) is 6.90. The Labute approximate surface area is 137 Å². The van der Waals surface area contributed by atoms with Gasteiger partial charge in [-0.25, -0.2) is 0 Å². The largest absolute Gasteiger partial charge is 0.123 e. The van der Waals surface area contributed by atoms with E-state index in [1.165, 1.54) is 60.1 Å². The number of allylic oxidation sites excluding steroid dienone is 4. The van der Waals surface area contributed by atoms with Gasteiger partial charge in [0, 0.05) is 15.5 Å². The molecule has 112 valence electrons. The Morgan fingerprint density at radius 1 is 1.10 bits per heavy atom. The second-order valence-corrected chi connectivity index (χ2v) is 8.09. The van der Waals surface area contributed by atoms with Crippen molar-refractivity contribution in [3.8, 4) is 0 Å². The van der Waals surface area contributed by atoms with E-state index in [2.05, 4.69) is 55.1 Å². The lowest BCUT2D eigenvalue weighted by molar-refractivity contribution is 0.523. The zero-order chi connectivity index (χ0) is 14.7. The first kappa shape index (κ1) is 15.2. The van der Waals surface area contributed by atoms with E-state index in [0.717, 1.165) is 5.25 Å². The molecule has 0 heterocycles. The van der Waals surface area contributed by atoms with Crippen molar-refractivity contribution in [1.82, 2.24) is 0 Å². The number of halogens is 1. The van der Waals surface area contributed by atoms with Gasteiger partial charge in [0.2, 0.25) is 0 Å². The molecule has 1 aromatic rings. The van der Waals surface area contributed by atoms with E-state index < -0.39 is 0 Å². The minimum Gasteiger partial charge on any atom is -0.123 e. The summed E-state index contributed by atoms with van der Waals surface area (Å²) < 4.78 is 0. The van der Waals surface area contributed by atoms with Crippen LogP contribution in [0.25, 0.3) is 5.57 Å². The molecule has 1 saturated carbocycles. The normalized spacial score (nSPS) is 25.7. The Morgan fingerprint density at radius 3 is 2.62 bits per heavy atom. The molecule has 0 saturated heterocycles. The summed E-state index contributed by atoms with van der Waals surface area (Å²) in [4.78, 5) is 1.44. The Morgan fingerprint density at radius 2 is 1.90 bits per heavy atom. The number of thioether (sulfide) groups is 1. The molecule has 0 aromatic heterocycles. The van der Waals surface area contributed by atoms with E-state index in [1.54, 1.807) is 0 Å². The van der Waals surface area contributed by atoms with Crippen molar-refractivity contribution < 1.29 is 0 Å². The first-order valence-electron chi connectivity index (χ1n) is 8.01. The molecule has 0 radical (unpaired) electrons. The molecular weight excluding hydrogens is 296 g/mol. The highest BCUT2D eigenvalue weighted by molar-refractivity contribution is 8.00. The van der Waals surface area contributed by atoms with Gasteiger partial charge in [-0.1, -0.05) is 35.9 Å². The molecule has 1 aromatic carbocycles. The van der Waals surface area contributed by atoms with Crippen molar-refractivity contribution in [2.45, 2.75) is 61.0 Å². The van der Waals surface area contributed by atoms with Crippen molar-refractivity contribution in [2.75, 3.05) is 0 Å². The molecule has 2 heteroatoms. The van der Waals surface area contributed by atoms with Crippen LogP contribution in [0.2, 0.25) is 0 Å². The van der Waals surface area contributed by atoms with Crippen LogP contribution in [-0.2, 0) is 0 Å². The van der Waals surface area contributed by atoms with Crippen LogP contribution in [0.4, 0.5) is 0 Å². The summed E-state index contributed by atoms with van der Waals surface area (Å²) in [5.74, 6) is 0. The average molecular weight is 319 g/mol. The Bertz CT molecular complexity index is 551. The van der Waals surface area contributed by atoms with Crippen LogP contribution in [0.5, 0.6) is 0 Å². The van der Waals surface area contributed by atoms with Gasteiger partial charge in [0.1, 0.15) is 0 Å². The summed E-state index contributed by atoms with van der Waals surface area (Å²) in [6.45, 7) is 2.18. The highest BCUT2D eigenvalue weighted by Crippen LogP contribution is 2.39. The molecule has 1 fully saturated rings. The zero-order valence-electron chi connectivity index (χ0n) is 12.6.